The Balaban J connectivity index is 1.39. The van der Waals surface area contributed by atoms with E-state index in [1.165, 1.54) is 0 Å². The Kier molecular flexibility index (Phi) is 5.02. The van der Waals surface area contributed by atoms with Gasteiger partial charge in [-0.25, -0.2) is 14.6 Å². The number of benzene rings is 1. The maximum Gasteiger partial charge on any atom is 0.221 e. The highest BCUT2D eigenvalue weighted by molar-refractivity contribution is 5.97. The Hall–Kier alpha value is -3.46. The highest BCUT2D eigenvalue weighted by Gasteiger charge is 2.15. The van der Waals surface area contributed by atoms with Crippen LogP contribution >= 0.6 is 0 Å². The zero-order valence-electron chi connectivity index (χ0n) is 16.7. The van der Waals surface area contributed by atoms with Gasteiger partial charge in [-0.1, -0.05) is 22.5 Å². The van der Waals surface area contributed by atoms with Crippen LogP contribution in [0.2, 0.25) is 0 Å². The van der Waals surface area contributed by atoms with E-state index < -0.39 is 0 Å². The zero-order chi connectivity index (χ0) is 20.3. The van der Waals surface area contributed by atoms with E-state index in [4.69, 9.17) is 9.82 Å². The minimum Gasteiger partial charge on any atom is -0.392 e. The monoisotopic (exact) mass is 402 g/mol. The first kappa shape index (κ1) is 18.6. The number of nitrogens with one attached hydrogen (secondary N) is 1. The molecule has 1 fully saturated rings. The van der Waals surface area contributed by atoms with Gasteiger partial charge in [0.05, 0.1) is 18.3 Å². The average Bonchev–Trinajstić information content (AvgIpc) is 3.20. The third-order valence-electron chi connectivity index (χ3n) is 5.22. The fourth-order valence-electron chi connectivity index (χ4n) is 3.53. The summed E-state index contributed by atoms with van der Waals surface area (Å²) in [5, 5.41) is 17.1. The number of pyridine rings is 1. The van der Waals surface area contributed by atoms with Gasteiger partial charge in [0.25, 0.3) is 0 Å². The lowest BCUT2D eigenvalue weighted by Crippen LogP contribution is -2.31. The molecule has 30 heavy (non-hydrogen) atoms. The van der Waals surface area contributed by atoms with Gasteiger partial charge >= 0.3 is 0 Å². The summed E-state index contributed by atoms with van der Waals surface area (Å²) in [6, 6.07) is 10.1. The summed E-state index contributed by atoms with van der Waals surface area (Å²) in [6.07, 6.45) is 5.52. The summed E-state index contributed by atoms with van der Waals surface area (Å²) in [5.41, 5.74) is 4.53. The number of hydrogen-bond acceptors (Lipinski definition) is 8. The average molecular weight is 402 g/mol. The predicted octanol–water partition coefficient (Wildman–Crippen LogP) is 2.31. The molecule has 0 spiro atoms. The van der Waals surface area contributed by atoms with Crippen molar-refractivity contribution in [2.75, 3.05) is 13.1 Å². The van der Waals surface area contributed by atoms with Crippen molar-refractivity contribution < 1.29 is 4.84 Å². The first-order valence-electron chi connectivity index (χ1n) is 10.1. The highest BCUT2D eigenvalue weighted by atomic mass is 16.6. The van der Waals surface area contributed by atoms with Gasteiger partial charge in [-0.3, -0.25) is 4.98 Å². The second-order valence-electron chi connectivity index (χ2n) is 7.41. The maximum atomic E-state index is 5.70. The molecule has 1 saturated heterocycles. The number of aromatic nitrogens is 6. The van der Waals surface area contributed by atoms with Gasteiger partial charge in [-0.05, 0) is 56.6 Å². The standard InChI is InChI=1S/C21H22N8O/c1-14(27-30-17-6-9-22-10-7-17)19-12-24-20-21(25-19)29(28-26-20)13-15-4-5-18-16(11-15)3-2-8-23-18/h2-5,8,11-12,17,22H,6-7,9-10,13H2,1H3/b27-14+. The Morgan fingerprint density at radius 2 is 2.13 bits per heavy atom. The molecule has 0 aliphatic carbocycles. The van der Waals surface area contributed by atoms with E-state index in [9.17, 15) is 0 Å². The van der Waals surface area contributed by atoms with Crippen LogP contribution in [0.15, 0.2) is 47.9 Å². The van der Waals surface area contributed by atoms with Crippen molar-refractivity contribution in [1.82, 2.24) is 35.3 Å². The van der Waals surface area contributed by atoms with Gasteiger partial charge < -0.3 is 10.2 Å². The Labute approximate surface area is 173 Å². The van der Waals surface area contributed by atoms with E-state index in [0.29, 0.717) is 29.2 Å². The molecule has 1 aromatic carbocycles. The van der Waals surface area contributed by atoms with Gasteiger partial charge in [0.15, 0.2) is 5.65 Å². The predicted molar refractivity (Wildman–Crippen MR) is 113 cm³/mol. The van der Waals surface area contributed by atoms with E-state index in [1.54, 1.807) is 17.1 Å². The SMILES string of the molecule is C/C(=N\OC1CCNCC1)c1cnc2nnn(Cc3ccc4ncccc4c3)c2n1. The van der Waals surface area contributed by atoms with E-state index in [2.05, 4.69) is 36.8 Å². The molecule has 3 aromatic heterocycles. The minimum atomic E-state index is 0.146. The number of fused-ring (bicyclic) bond motifs is 2. The summed E-state index contributed by atoms with van der Waals surface area (Å²) in [5.74, 6) is 0. The van der Waals surface area contributed by atoms with E-state index in [1.807, 2.05) is 31.2 Å². The van der Waals surface area contributed by atoms with Crippen LogP contribution in [-0.2, 0) is 11.4 Å². The number of oxime groups is 1. The quantitative estimate of drug-likeness (QED) is 0.404. The first-order chi connectivity index (χ1) is 14.8. The molecule has 152 valence electrons. The Bertz CT molecular complexity index is 1210. The fourth-order valence-corrected chi connectivity index (χ4v) is 3.53. The van der Waals surface area contributed by atoms with Crippen molar-refractivity contribution in [3.63, 3.8) is 0 Å². The molecular weight excluding hydrogens is 380 g/mol. The molecule has 1 aliphatic heterocycles. The number of nitrogens with zero attached hydrogens (tertiary/aromatic N) is 7. The van der Waals surface area contributed by atoms with Crippen LogP contribution in [0, 0.1) is 0 Å². The van der Waals surface area contributed by atoms with Gasteiger partial charge in [0, 0.05) is 11.6 Å². The van der Waals surface area contributed by atoms with Gasteiger partial charge in [-0.15, -0.1) is 5.10 Å². The molecule has 9 nitrogen and oxygen atoms in total. The Morgan fingerprint density at radius 3 is 3.03 bits per heavy atom. The second-order valence-corrected chi connectivity index (χ2v) is 7.41. The van der Waals surface area contributed by atoms with Crippen molar-refractivity contribution in [2.45, 2.75) is 32.4 Å². The van der Waals surface area contributed by atoms with Crippen LogP contribution in [0.3, 0.4) is 0 Å². The normalized spacial score (nSPS) is 15.7. The molecular formula is C21H22N8O. The van der Waals surface area contributed by atoms with E-state index in [0.717, 1.165) is 42.4 Å². The van der Waals surface area contributed by atoms with Crippen LogP contribution in [0.25, 0.3) is 22.2 Å². The molecule has 4 heterocycles. The molecule has 0 atom stereocenters. The molecule has 0 saturated carbocycles. The first-order valence-corrected chi connectivity index (χ1v) is 10.1. The third-order valence-corrected chi connectivity index (χ3v) is 5.22. The smallest absolute Gasteiger partial charge is 0.221 e. The van der Waals surface area contributed by atoms with Crippen LogP contribution in [0.5, 0.6) is 0 Å². The number of rotatable bonds is 5. The van der Waals surface area contributed by atoms with Crippen LogP contribution in [0.1, 0.15) is 31.0 Å². The molecule has 0 amide bonds. The topological polar surface area (TPSA) is 103 Å². The van der Waals surface area contributed by atoms with E-state index >= 15 is 0 Å². The van der Waals surface area contributed by atoms with Gasteiger partial charge in [-0.2, -0.15) is 0 Å². The second kappa shape index (κ2) is 8.11. The molecule has 5 rings (SSSR count). The lowest BCUT2D eigenvalue weighted by molar-refractivity contribution is 0.0376. The number of piperidine rings is 1. The summed E-state index contributed by atoms with van der Waals surface area (Å²) < 4.78 is 1.75. The molecule has 0 unspecified atom stereocenters. The summed E-state index contributed by atoms with van der Waals surface area (Å²) in [6.45, 7) is 4.34. The van der Waals surface area contributed by atoms with Crippen molar-refractivity contribution in [3.05, 3.63) is 54.0 Å². The molecule has 9 heteroatoms. The number of hydrogen-bond donors (Lipinski definition) is 1. The van der Waals surface area contributed by atoms with Crippen molar-refractivity contribution in [3.8, 4) is 0 Å². The minimum absolute atomic E-state index is 0.146. The van der Waals surface area contributed by atoms with Gasteiger partial charge in [0.2, 0.25) is 5.65 Å². The lowest BCUT2D eigenvalue weighted by Gasteiger charge is -2.20. The van der Waals surface area contributed by atoms with Crippen LogP contribution < -0.4 is 5.32 Å². The summed E-state index contributed by atoms with van der Waals surface area (Å²) in [7, 11) is 0. The summed E-state index contributed by atoms with van der Waals surface area (Å²) in [4.78, 5) is 19.2. The van der Waals surface area contributed by atoms with Crippen LogP contribution in [-0.4, -0.2) is 54.9 Å². The maximum absolute atomic E-state index is 5.70. The summed E-state index contributed by atoms with van der Waals surface area (Å²) >= 11 is 0. The molecule has 0 bridgehead atoms. The Morgan fingerprint density at radius 1 is 1.23 bits per heavy atom. The van der Waals surface area contributed by atoms with E-state index in [-0.39, 0.29) is 6.10 Å². The van der Waals surface area contributed by atoms with Crippen molar-refractivity contribution in [1.29, 1.82) is 0 Å². The third kappa shape index (κ3) is 3.84. The largest absolute Gasteiger partial charge is 0.392 e. The lowest BCUT2D eigenvalue weighted by atomic mass is 10.1. The van der Waals surface area contributed by atoms with Crippen molar-refractivity contribution >= 4 is 27.9 Å². The van der Waals surface area contributed by atoms with Gasteiger partial charge in [0.1, 0.15) is 17.5 Å². The molecule has 0 radical (unpaired) electrons. The van der Waals surface area contributed by atoms with Crippen molar-refractivity contribution in [2.24, 2.45) is 5.16 Å². The molecule has 4 aromatic rings. The molecule has 1 N–H and O–H groups in total. The molecule has 1 aliphatic rings. The highest BCUT2D eigenvalue weighted by Crippen LogP contribution is 2.16. The van der Waals surface area contributed by atoms with Crippen LogP contribution in [0.4, 0.5) is 0 Å². The zero-order valence-corrected chi connectivity index (χ0v) is 16.7. The fraction of sp³-hybridized carbons (Fsp3) is 0.333.